The van der Waals surface area contributed by atoms with Crippen molar-refractivity contribution in [1.82, 2.24) is 0 Å². The van der Waals surface area contributed by atoms with Crippen LogP contribution in [0.1, 0.15) is 24.0 Å². The molecule has 0 fully saturated rings. The number of nitrogens with two attached hydrogens (primary N) is 2. The molecule has 0 aliphatic rings. The summed E-state index contributed by atoms with van der Waals surface area (Å²) in [6, 6.07) is 8.43. The smallest absolute Gasteiger partial charge is 0.169 e. The van der Waals surface area contributed by atoms with Gasteiger partial charge in [0.05, 0.1) is 0 Å². The highest BCUT2D eigenvalue weighted by Crippen LogP contribution is 1.90. The number of aryl methyl sites for hydroxylation is 4. The van der Waals surface area contributed by atoms with Crippen LogP contribution in [-0.2, 0) is 13.1 Å². The summed E-state index contributed by atoms with van der Waals surface area (Å²) in [6.07, 6.45) is 10.5. The minimum Gasteiger partial charge on any atom is -0.330 e. The molecule has 0 aliphatic heterocycles. The van der Waals surface area contributed by atoms with E-state index in [1.807, 2.05) is 0 Å². The van der Waals surface area contributed by atoms with E-state index in [1.165, 1.54) is 11.1 Å². The topological polar surface area (TPSA) is 244 Å². The standard InChI is InChI=1S/2C9H15N2.2ClHO4/c2*1-9-3-7-11(8-4-9)6-2-5-10;2*2-1(3,4)5/h2*3-4,7-8H,2,5-6,10H2,1H3;2*(H,2,3,4,5)/q2*+1;;/p-2. The molecule has 14 heteroatoms. The second-order valence-corrected chi connectivity index (χ2v) is 7.78. The van der Waals surface area contributed by atoms with Gasteiger partial charge in [0.2, 0.25) is 0 Å². The fourth-order valence-corrected chi connectivity index (χ4v) is 1.91. The van der Waals surface area contributed by atoms with E-state index in [1.54, 1.807) is 0 Å². The molecule has 12 nitrogen and oxygen atoms in total. The minimum absolute atomic E-state index is 0.765. The van der Waals surface area contributed by atoms with Gasteiger partial charge >= 0.3 is 0 Å². The highest BCUT2D eigenvalue weighted by molar-refractivity contribution is 5.03. The predicted octanol–water partition coefficient (Wildman–Crippen LogP) is -8.25. The Labute approximate surface area is 191 Å². The van der Waals surface area contributed by atoms with Crippen LogP contribution in [0.15, 0.2) is 49.1 Å². The molecular weight excluding hydrogens is 471 g/mol. The van der Waals surface area contributed by atoms with Crippen molar-refractivity contribution < 1.29 is 66.9 Å². The van der Waals surface area contributed by atoms with Gasteiger partial charge in [-0.05, 0) is 38.1 Å². The molecule has 2 aromatic heterocycles. The Morgan fingerprint density at radius 1 is 0.594 bits per heavy atom. The molecule has 0 unspecified atom stereocenters. The van der Waals surface area contributed by atoms with Crippen molar-refractivity contribution >= 4 is 0 Å². The maximum Gasteiger partial charge on any atom is 0.169 e. The number of pyridine rings is 2. The molecule has 4 N–H and O–H groups in total. The van der Waals surface area contributed by atoms with E-state index in [-0.39, 0.29) is 0 Å². The maximum atomic E-state index is 8.49. The van der Waals surface area contributed by atoms with Crippen LogP contribution in [0.4, 0.5) is 0 Å². The lowest BCUT2D eigenvalue weighted by atomic mass is 10.3. The molecule has 2 rings (SSSR count). The number of halogens is 2. The zero-order valence-corrected chi connectivity index (χ0v) is 19.4. The molecule has 0 bridgehead atoms. The molecule has 2 heterocycles. The van der Waals surface area contributed by atoms with E-state index in [2.05, 4.69) is 72.0 Å². The average molecular weight is 501 g/mol. The van der Waals surface area contributed by atoms with Crippen molar-refractivity contribution in [2.45, 2.75) is 39.8 Å². The van der Waals surface area contributed by atoms with Crippen LogP contribution in [-0.4, -0.2) is 13.1 Å². The Kier molecular flexibility index (Phi) is 18.3. The lowest BCUT2D eigenvalue weighted by Gasteiger charge is -2.17. The monoisotopic (exact) mass is 500 g/mol. The summed E-state index contributed by atoms with van der Waals surface area (Å²) < 4.78 is 72.2. The molecule has 0 atom stereocenters. The molecule has 0 saturated carbocycles. The molecule has 0 saturated heterocycles. The molecule has 2 aromatic rings. The van der Waals surface area contributed by atoms with E-state index >= 15 is 0 Å². The molecule has 184 valence electrons. The number of aromatic nitrogens is 2. The molecular formula is C18H30Cl2N4O8. The highest BCUT2D eigenvalue weighted by Gasteiger charge is 1.97. The van der Waals surface area contributed by atoms with Gasteiger partial charge in [0.25, 0.3) is 0 Å². The number of rotatable bonds is 6. The molecule has 0 aliphatic carbocycles. The third kappa shape index (κ3) is 30.7. The summed E-state index contributed by atoms with van der Waals surface area (Å²) >= 11 is 0. The summed E-state index contributed by atoms with van der Waals surface area (Å²) in [5.74, 6) is 0. The van der Waals surface area contributed by atoms with Crippen LogP contribution in [0.25, 0.3) is 0 Å². The molecule has 0 aromatic carbocycles. The lowest BCUT2D eigenvalue weighted by Crippen LogP contribution is -2.68. The van der Waals surface area contributed by atoms with E-state index in [0.717, 1.165) is 39.0 Å². The third-order valence-corrected chi connectivity index (χ3v) is 3.36. The quantitative estimate of drug-likeness (QED) is 0.354. The zero-order valence-electron chi connectivity index (χ0n) is 17.9. The molecule has 0 radical (unpaired) electrons. The van der Waals surface area contributed by atoms with Crippen molar-refractivity contribution in [3.05, 3.63) is 60.2 Å². The van der Waals surface area contributed by atoms with Crippen molar-refractivity contribution in [1.29, 1.82) is 0 Å². The zero-order chi connectivity index (χ0) is 25.2. The van der Waals surface area contributed by atoms with Gasteiger partial charge in [-0.15, -0.1) is 20.5 Å². The first-order chi connectivity index (χ1) is 14.7. The first kappa shape index (κ1) is 32.7. The van der Waals surface area contributed by atoms with E-state index in [4.69, 9.17) is 48.7 Å². The Balaban J connectivity index is 0. The van der Waals surface area contributed by atoms with Crippen LogP contribution in [0.3, 0.4) is 0 Å². The molecule has 32 heavy (non-hydrogen) atoms. The molecule has 0 spiro atoms. The van der Waals surface area contributed by atoms with Gasteiger partial charge in [-0.1, -0.05) is 0 Å². The summed E-state index contributed by atoms with van der Waals surface area (Å²) in [6.45, 7) is 7.76. The van der Waals surface area contributed by atoms with E-state index in [9.17, 15) is 0 Å². The van der Waals surface area contributed by atoms with Gasteiger partial charge in [-0.3, -0.25) is 0 Å². The maximum absolute atomic E-state index is 8.49. The van der Waals surface area contributed by atoms with Crippen LogP contribution < -0.4 is 57.9 Å². The fourth-order valence-electron chi connectivity index (χ4n) is 1.91. The number of hydrogen-bond donors (Lipinski definition) is 2. The predicted molar refractivity (Wildman–Crippen MR) is 90.1 cm³/mol. The highest BCUT2D eigenvalue weighted by atomic mass is 35.7. The van der Waals surface area contributed by atoms with Gasteiger partial charge in [-0.2, -0.15) is 0 Å². The van der Waals surface area contributed by atoms with Gasteiger partial charge < -0.3 is 11.5 Å². The normalized spacial score (nSPS) is 10.6. The summed E-state index contributed by atoms with van der Waals surface area (Å²) in [5, 5.41) is 0. The van der Waals surface area contributed by atoms with Crippen molar-refractivity contribution in [2.24, 2.45) is 11.5 Å². The number of nitrogens with zero attached hydrogens (tertiary/aromatic N) is 2. The SMILES string of the molecule is Cc1cc[n+](CCCN)cc1.Cc1cc[n+](CCCN)cc1.[O-][Cl+3]([O-])([O-])[O-].[O-][Cl+3]([O-])([O-])[O-]. The number of hydrogen-bond acceptors (Lipinski definition) is 10. The van der Waals surface area contributed by atoms with E-state index in [0.29, 0.717) is 0 Å². The molecule has 0 amide bonds. The Morgan fingerprint density at radius 3 is 1.00 bits per heavy atom. The van der Waals surface area contributed by atoms with Gasteiger partial charge in [0, 0.05) is 37.1 Å². The fraction of sp³-hybridized carbons (Fsp3) is 0.444. The summed E-state index contributed by atoms with van der Waals surface area (Å²) in [7, 11) is -9.89. The van der Waals surface area contributed by atoms with Crippen LogP contribution in [0.5, 0.6) is 0 Å². The average Bonchev–Trinajstić information content (AvgIpc) is 2.65. The van der Waals surface area contributed by atoms with Crippen molar-refractivity contribution in [3.63, 3.8) is 0 Å². The second-order valence-electron chi connectivity index (χ2n) is 6.27. The summed E-state index contributed by atoms with van der Waals surface area (Å²) in [5.41, 5.74) is 13.4. The Bertz CT molecular complexity index is 623. The van der Waals surface area contributed by atoms with E-state index < -0.39 is 20.5 Å². The largest absolute Gasteiger partial charge is 0.330 e. The van der Waals surface area contributed by atoms with Crippen LogP contribution in [0.2, 0.25) is 0 Å². The van der Waals surface area contributed by atoms with Crippen LogP contribution in [0, 0.1) is 34.3 Å². The summed E-state index contributed by atoms with van der Waals surface area (Å²) in [4.78, 5) is 0. The Morgan fingerprint density at radius 2 is 0.812 bits per heavy atom. The first-order valence-corrected chi connectivity index (χ1v) is 11.7. The van der Waals surface area contributed by atoms with Crippen LogP contribution >= 0.6 is 0 Å². The first-order valence-electron chi connectivity index (χ1n) is 9.20. The van der Waals surface area contributed by atoms with Crippen molar-refractivity contribution in [2.75, 3.05) is 13.1 Å². The van der Waals surface area contributed by atoms with Gasteiger partial charge in [0.15, 0.2) is 24.8 Å². The van der Waals surface area contributed by atoms with Gasteiger partial charge in [0.1, 0.15) is 13.1 Å². The van der Waals surface area contributed by atoms with Gasteiger partial charge in [-0.25, -0.2) is 46.4 Å². The Hall–Kier alpha value is -1.52. The minimum atomic E-state index is -4.94. The lowest BCUT2D eigenvalue weighted by molar-refractivity contribution is -2.00. The van der Waals surface area contributed by atoms with Crippen molar-refractivity contribution in [3.8, 4) is 0 Å². The third-order valence-electron chi connectivity index (χ3n) is 3.36. The second kappa shape index (κ2) is 18.0.